The number of hydrazone groups is 1. The highest BCUT2D eigenvalue weighted by Gasteiger charge is 2.33. The summed E-state index contributed by atoms with van der Waals surface area (Å²) in [4.78, 5) is 36.2. The van der Waals surface area contributed by atoms with Gasteiger partial charge in [-0.25, -0.2) is 5.43 Å². The fourth-order valence-corrected chi connectivity index (χ4v) is 3.90. The number of amides is 3. The molecule has 14 heteroatoms. The first-order valence-electron chi connectivity index (χ1n) is 12.2. The van der Waals surface area contributed by atoms with Gasteiger partial charge in [-0.1, -0.05) is 12.1 Å². The molecule has 40 heavy (non-hydrogen) atoms. The largest absolute Gasteiger partial charge is 0.490 e. The molecule has 0 unspecified atom stereocenters. The number of halogens is 4. The summed E-state index contributed by atoms with van der Waals surface area (Å²) in [5.74, 6) is -2.14. The summed E-state index contributed by atoms with van der Waals surface area (Å²) in [5, 5.41) is 8.46. The van der Waals surface area contributed by atoms with Gasteiger partial charge in [-0.3, -0.25) is 14.4 Å². The van der Waals surface area contributed by atoms with Crippen molar-refractivity contribution in [3.8, 4) is 11.5 Å². The lowest BCUT2D eigenvalue weighted by molar-refractivity contribution is -0.139. The highest BCUT2D eigenvalue weighted by atomic mass is 127. The Morgan fingerprint density at radius 2 is 1.82 bits per heavy atom. The number of nitrogens with zero attached hydrogens (tertiary/aromatic N) is 1. The predicted octanol–water partition coefficient (Wildman–Crippen LogP) is 4.11. The lowest BCUT2D eigenvalue weighted by Gasteiger charge is -2.16. The van der Waals surface area contributed by atoms with E-state index in [9.17, 15) is 27.6 Å². The molecule has 0 aliphatic carbocycles. The molecule has 218 valence electrons. The second-order valence-electron chi connectivity index (χ2n) is 8.37. The van der Waals surface area contributed by atoms with E-state index in [0.29, 0.717) is 22.2 Å². The van der Waals surface area contributed by atoms with Crippen molar-refractivity contribution in [3.05, 3.63) is 51.1 Å². The van der Waals surface area contributed by atoms with Crippen LogP contribution < -0.4 is 25.5 Å². The van der Waals surface area contributed by atoms with E-state index in [1.165, 1.54) is 24.4 Å². The monoisotopic (exact) mass is 678 g/mol. The first-order valence-corrected chi connectivity index (χ1v) is 13.3. The average Bonchev–Trinajstić information content (AvgIpc) is 2.87. The lowest BCUT2D eigenvalue weighted by atomic mass is 10.1. The van der Waals surface area contributed by atoms with E-state index < -0.39 is 36.1 Å². The molecule has 0 atom stereocenters. The number of nitrogens with one attached hydrogen (secondary N) is 3. The Kier molecular flexibility index (Phi) is 13.1. The SMILES string of the molecule is CCOc1cc(/C=N\NC(=O)C(=O)NCCCOC(C)C)cc(I)c1OCC(=O)Nc1ccccc1C(F)(F)F. The Labute approximate surface area is 243 Å². The first-order chi connectivity index (χ1) is 18.9. The van der Waals surface area contributed by atoms with Crippen LogP contribution in [-0.4, -0.2) is 56.4 Å². The minimum absolute atomic E-state index is 0.0783. The summed E-state index contributed by atoms with van der Waals surface area (Å²) >= 11 is 1.93. The number of ether oxygens (including phenoxy) is 3. The summed E-state index contributed by atoms with van der Waals surface area (Å²) < 4.78 is 56.6. The van der Waals surface area contributed by atoms with E-state index in [-0.39, 0.29) is 36.4 Å². The Balaban J connectivity index is 1.98. The van der Waals surface area contributed by atoms with Crippen LogP contribution in [0, 0.1) is 3.57 Å². The number of para-hydroxylation sites is 1. The molecule has 2 aromatic carbocycles. The summed E-state index contributed by atoms with van der Waals surface area (Å²) in [7, 11) is 0. The molecule has 0 fully saturated rings. The van der Waals surface area contributed by atoms with Gasteiger partial charge in [-0.15, -0.1) is 0 Å². The predicted molar refractivity (Wildman–Crippen MR) is 150 cm³/mol. The Bertz CT molecular complexity index is 1210. The van der Waals surface area contributed by atoms with Crippen LogP contribution in [0.5, 0.6) is 11.5 Å². The normalized spacial score (nSPS) is 11.4. The maximum atomic E-state index is 13.2. The van der Waals surface area contributed by atoms with Gasteiger partial charge in [-0.2, -0.15) is 18.3 Å². The number of benzene rings is 2. The van der Waals surface area contributed by atoms with Crippen LogP contribution in [0.25, 0.3) is 0 Å². The molecule has 0 radical (unpaired) electrons. The van der Waals surface area contributed by atoms with Crippen LogP contribution in [0.1, 0.15) is 38.3 Å². The smallest absolute Gasteiger partial charge is 0.418 e. The number of rotatable bonds is 13. The molecule has 10 nitrogen and oxygen atoms in total. The van der Waals surface area contributed by atoms with Gasteiger partial charge in [0.15, 0.2) is 18.1 Å². The highest BCUT2D eigenvalue weighted by molar-refractivity contribution is 14.1. The van der Waals surface area contributed by atoms with Gasteiger partial charge in [0, 0.05) is 13.2 Å². The van der Waals surface area contributed by atoms with Crippen molar-refractivity contribution in [2.75, 3.05) is 31.7 Å². The van der Waals surface area contributed by atoms with Gasteiger partial charge in [0.2, 0.25) is 0 Å². The molecule has 0 bridgehead atoms. The Morgan fingerprint density at radius 1 is 1.10 bits per heavy atom. The topological polar surface area (TPSA) is 127 Å². The molecular weight excluding hydrogens is 648 g/mol. The number of hydrogen-bond donors (Lipinski definition) is 3. The number of hydrogen-bond acceptors (Lipinski definition) is 7. The molecule has 2 aromatic rings. The average molecular weight is 678 g/mol. The van der Waals surface area contributed by atoms with Crippen LogP contribution in [0.4, 0.5) is 18.9 Å². The van der Waals surface area contributed by atoms with E-state index in [4.69, 9.17) is 14.2 Å². The third-order valence-corrected chi connectivity index (χ3v) is 5.63. The molecule has 0 saturated carbocycles. The summed E-state index contributed by atoms with van der Waals surface area (Å²) in [6.45, 7) is 5.91. The molecule has 2 rings (SSSR count). The summed E-state index contributed by atoms with van der Waals surface area (Å²) in [6, 6.07) is 7.76. The van der Waals surface area contributed by atoms with E-state index in [0.717, 1.165) is 12.1 Å². The van der Waals surface area contributed by atoms with Gasteiger partial charge in [0.25, 0.3) is 5.91 Å². The van der Waals surface area contributed by atoms with Gasteiger partial charge in [-0.05, 0) is 79.6 Å². The van der Waals surface area contributed by atoms with Gasteiger partial charge in [0.05, 0.1) is 33.7 Å². The second-order valence-corrected chi connectivity index (χ2v) is 9.53. The maximum Gasteiger partial charge on any atom is 0.418 e. The standard InChI is InChI=1S/C26H30F3IN4O6/c1-4-38-21-13-17(14-32-34-25(37)24(36)31-10-7-11-39-16(2)3)12-19(30)23(21)40-15-22(35)33-20-9-6-5-8-18(20)26(27,28)29/h5-6,8-9,12-14,16H,4,7,10-11,15H2,1-3H3,(H,31,36)(H,33,35)(H,34,37)/b32-14-. The van der Waals surface area contributed by atoms with Gasteiger partial charge < -0.3 is 24.8 Å². The fraction of sp³-hybridized carbons (Fsp3) is 0.385. The zero-order chi connectivity index (χ0) is 29.7. The molecule has 0 spiro atoms. The fourth-order valence-electron chi connectivity index (χ4n) is 3.12. The number of anilines is 1. The van der Waals surface area contributed by atoms with Crippen molar-refractivity contribution in [1.29, 1.82) is 0 Å². The van der Waals surface area contributed by atoms with E-state index in [1.807, 2.05) is 36.4 Å². The molecule has 0 aliphatic rings. The zero-order valence-corrected chi connectivity index (χ0v) is 24.2. The van der Waals surface area contributed by atoms with Crippen molar-refractivity contribution in [3.63, 3.8) is 0 Å². The molecule has 0 saturated heterocycles. The molecule has 3 amide bonds. The third kappa shape index (κ3) is 11.0. The molecule has 0 heterocycles. The van der Waals surface area contributed by atoms with Crippen molar-refractivity contribution in [2.45, 2.75) is 39.5 Å². The minimum atomic E-state index is -4.63. The summed E-state index contributed by atoms with van der Waals surface area (Å²) in [5.41, 5.74) is 1.26. The third-order valence-electron chi connectivity index (χ3n) is 4.83. The number of carbonyl (C=O) groups excluding carboxylic acids is 3. The number of alkyl halides is 3. The number of carbonyl (C=O) groups is 3. The van der Waals surface area contributed by atoms with Crippen LogP contribution in [0.3, 0.4) is 0 Å². The van der Waals surface area contributed by atoms with Crippen LogP contribution >= 0.6 is 22.6 Å². The van der Waals surface area contributed by atoms with Gasteiger partial charge >= 0.3 is 18.0 Å². The van der Waals surface area contributed by atoms with Crippen LogP contribution in [0.15, 0.2) is 41.5 Å². The quantitative estimate of drug-likeness (QED) is 0.0963. The summed E-state index contributed by atoms with van der Waals surface area (Å²) in [6.07, 6.45) is -2.71. The molecule has 0 aromatic heterocycles. The Hall–Kier alpha value is -3.40. The van der Waals surface area contributed by atoms with Gasteiger partial charge in [0.1, 0.15) is 0 Å². The molecule has 0 aliphatic heterocycles. The Morgan fingerprint density at radius 3 is 2.50 bits per heavy atom. The van der Waals surface area contributed by atoms with Crippen LogP contribution in [0.2, 0.25) is 0 Å². The molecule has 3 N–H and O–H groups in total. The van der Waals surface area contributed by atoms with Crippen molar-refractivity contribution >= 4 is 52.2 Å². The van der Waals surface area contributed by atoms with E-state index in [2.05, 4.69) is 21.2 Å². The maximum absolute atomic E-state index is 13.2. The van der Waals surface area contributed by atoms with E-state index >= 15 is 0 Å². The lowest BCUT2D eigenvalue weighted by Crippen LogP contribution is -2.38. The highest BCUT2D eigenvalue weighted by Crippen LogP contribution is 2.35. The van der Waals surface area contributed by atoms with Crippen molar-refractivity contribution in [2.24, 2.45) is 5.10 Å². The minimum Gasteiger partial charge on any atom is -0.490 e. The zero-order valence-electron chi connectivity index (χ0n) is 22.1. The second kappa shape index (κ2) is 16.0. The van der Waals surface area contributed by atoms with Crippen molar-refractivity contribution < 1.29 is 41.8 Å². The first kappa shape index (κ1) is 32.8. The molecular formula is C26H30F3IN4O6. The van der Waals surface area contributed by atoms with Crippen LogP contribution in [-0.2, 0) is 25.3 Å². The van der Waals surface area contributed by atoms with Crippen molar-refractivity contribution in [1.82, 2.24) is 10.7 Å². The van der Waals surface area contributed by atoms with E-state index in [1.54, 1.807) is 13.0 Å².